The minimum Gasteiger partial charge on any atom is -0.396 e. The lowest BCUT2D eigenvalue weighted by atomic mass is 9.83. The number of nitrogens with zero attached hydrogens (tertiary/aromatic N) is 2. The Morgan fingerprint density at radius 3 is 1.52 bits per heavy atom. The van der Waals surface area contributed by atoms with Gasteiger partial charge in [0.25, 0.3) is 0 Å². The highest BCUT2D eigenvalue weighted by atomic mass is 16.3. The summed E-state index contributed by atoms with van der Waals surface area (Å²) in [4.78, 5) is 29.0. The minimum absolute atomic E-state index is 0.0137. The van der Waals surface area contributed by atoms with Crippen LogP contribution in [0.1, 0.15) is 24.5 Å². The predicted molar refractivity (Wildman–Crippen MR) is 109 cm³/mol. The van der Waals surface area contributed by atoms with E-state index in [1.165, 1.54) is 6.08 Å². The Kier molecular flexibility index (Phi) is 10.4. The normalized spacial score (nSPS) is 10.8. The van der Waals surface area contributed by atoms with Gasteiger partial charge in [-0.1, -0.05) is 67.6 Å². The Balaban J connectivity index is 0.000000396. The van der Waals surface area contributed by atoms with E-state index in [4.69, 9.17) is 15.3 Å². The Bertz CT molecular complexity index is 753. The number of hydrogen-bond donors (Lipinski definition) is 3. The zero-order valence-electron chi connectivity index (χ0n) is 16.4. The highest BCUT2D eigenvalue weighted by Gasteiger charge is 2.34. The van der Waals surface area contributed by atoms with Gasteiger partial charge in [-0.05, 0) is 17.5 Å². The molecule has 0 bridgehead atoms. The molecule has 2 aromatic carbocycles. The van der Waals surface area contributed by atoms with E-state index in [0.717, 1.165) is 11.1 Å². The van der Waals surface area contributed by atoms with Crippen molar-refractivity contribution in [2.24, 2.45) is 15.4 Å². The molecule has 2 rings (SSSR count). The van der Waals surface area contributed by atoms with Gasteiger partial charge in [-0.3, -0.25) is 0 Å². The molecular formula is C22H26N2O5. The lowest BCUT2D eigenvalue weighted by Gasteiger charge is -2.27. The second-order valence-corrected chi connectivity index (χ2v) is 6.53. The summed E-state index contributed by atoms with van der Waals surface area (Å²) in [6.45, 7) is 1.37. The monoisotopic (exact) mass is 398 g/mol. The van der Waals surface area contributed by atoms with E-state index < -0.39 is 11.0 Å². The maximum atomic E-state index is 10.9. The summed E-state index contributed by atoms with van der Waals surface area (Å²) >= 11 is 0. The van der Waals surface area contributed by atoms with Crippen LogP contribution in [-0.4, -0.2) is 53.8 Å². The fourth-order valence-corrected chi connectivity index (χ4v) is 2.65. The van der Waals surface area contributed by atoms with Crippen molar-refractivity contribution in [1.29, 1.82) is 0 Å². The third kappa shape index (κ3) is 6.29. The zero-order chi connectivity index (χ0) is 21.6. The van der Waals surface area contributed by atoms with Crippen molar-refractivity contribution in [2.45, 2.75) is 18.9 Å². The van der Waals surface area contributed by atoms with Gasteiger partial charge in [0.05, 0.1) is 26.4 Å². The second-order valence-electron chi connectivity index (χ2n) is 6.53. The first kappa shape index (κ1) is 24.1. The summed E-state index contributed by atoms with van der Waals surface area (Å²) < 4.78 is 0. The second kappa shape index (κ2) is 12.5. The molecule has 154 valence electrons. The first-order valence-electron chi connectivity index (χ1n) is 9.14. The maximum absolute atomic E-state index is 10.9. The average Bonchev–Trinajstić information content (AvgIpc) is 2.80. The molecule has 29 heavy (non-hydrogen) atoms. The molecule has 2 aromatic rings. The Hall–Kier alpha value is -2.92. The van der Waals surface area contributed by atoms with Crippen molar-refractivity contribution >= 4 is 12.2 Å². The maximum Gasteiger partial charge on any atom is 0.236 e. The van der Waals surface area contributed by atoms with Crippen LogP contribution in [0.2, 0.25) is 0 Å². The van der Waals surface area contributed by atoms with E-state index in [1.54, 1.807) is 6.08 Å². The first-order valence-corrected chi connectivity index (χ1v) is 9.14. The molecule has 0 aliphatic rings. The molecule has 0 atom stereocenters. The minimum atomic E-state index is -1.04. The van der Waals surface area contributed by atoms with Crippen molar-refractivity contribution < 1.29 is 24.9 Å². The molecule has 0 radical (unpaired) electrons. The van der Waals surface area contributed by atoms with Gasteiger partial charge < -0.3 is 15.3 Å². The van der Waals surface area contributed by atoms with Crippen LogP contribution in [0.3, 0.4) is 0 Å². The smallest absolute Gasteiger partial charge is 0.236 e. The number of rotatable bonds is 9. The summed E-state index contributed by atoms with van der Waals surface area (Å²) in [6.07, 6.45) is 3.70. The highest BCUT2D eigenvalue weighted by molar-refractivity contribution is 5.47. The topological polar surface area (TPSA) is 120 Å². The van der Waals surface area contributed by atoms with Crippen molar-refractivity contribution in [3.63, 3.8) is 0 Å². The van der Waals surface area contributed by atoms with Gasteiger partial charge in [-0.2, -0.15) is 4.99 Å². The van der Waals surface area contributed by atoms with Gasteiger partial charge in [0.2, 0.25) is 12.2 Å². The van der Waals surface area contributed by atoms with Gasteiger partial charge in [0, 0.05) is 5.41 Å². The first-order chi connectivity index (χ1) is 14.1. The molecule has 0 unspecified atom stereocenters. The number of benzene rings is 2. The number of aliphatic hydroxyl groups is 3. The van der Waals surface area contributed by atoms with Crippen molar-refractivity contribution in [2.75, 3.05) is 26.4 Å². The van der Waals surface area contributed by atoms with E-state index in [2.05, 4.69) is 9.98 Å². The van der Waals surface area contributed by atoms with Crippen LogP contribution in [0.25, 0.3) is 0 Å². The van der Waals surface area contributed by atoms with Crippen LogP contribution in [0.15, 0.2) is 70.6 Å². The quantitative estimate of drug-likeness (QED) is 0.441. The van der Waals surface area contributed by atoms with Crippen LogP contribution < -0.4 is 0 Å². The lowest BCUT2D eigenvalue weighted by Crippen LogP contribution is -2.32. The largest absolute Gasteiger partial charge is 0.396 e. The third-order valence-corrected chi connectivity index (χ3v) is 4.87. The fraction of sp³-hybridized carbons (Fsp3) is 0.364. The SMILES string of the molecule is CCC(CO)(CO)CO.O=C=NCC(N=C=O)(c1ccccc1)c1ccccc1. The molecule has 0 fully saturated rings. The summed E-state index contributed by atoms with van der Waals surface area (Å²) in [6, 6.07) is 18.5. The van der Waals surface area contributed by atoms with Gasteiger partial charge in [-0.25, -0.2) is 14.6 Å². The molecule has 0 saturated carbocycles. The molecule has 0 aliphatic heterocycles. The average molecular weight is 398 g/mol. The molecule has 0 amide bonds. The van der Waals surface area contributed by atoms with Crippen molar-refractivity contribution in [3.05, 3.63) is 71.8 Å². The number of aliphatic hydroxyl groups excluding tert-OH is 3. The number of carbonyl (C=O) groups excluding carboxylic acids is 2. The highest BCUT2D eigenvalue weighted by Crippen LogP contribution is 2.33. The van der Waals surface area contributed by atoms with Gasteiger partial charge in [0.1, 0.15) is 5.54 Å². The Morgan fingerprint density at radius 1 is 0.793 bits per heavy atom. The molecule has 0 aliphatic carbocycles. The van der Waals surface area contributed by atoms with Crippen molar-refractivity contribution in [3.8, 4) is 0 Å². The standard InChI is InChI=1S/C16H12N2O2.C6H14O3/c19-12-17-11-16(18-13-20,14-7-3-1-4-8-14)15-9-5-2-6-10-15;1-2-6(3-7,4-8)5-9/h1-10H,11H2;7-9H,2-5H2,1H3. The van der Waals surface area contributed by atoms with Crippen LogP contribution in [0.5, 0.6) is 0 Å². The zero-order valence-corrected chi connectivity index (χ0v) is 16.4. The van der Waals surface area contributed by atoms with E-state index in [1.807, 2.05) is 67.6 Å². The van der Waals surface area contributed by atoms with Crippen LogP contribution in [0, 0.1) is 5.41 Å². The number of aliphatic imine (C=N–C) groups is 2. The predicted octanol–water partition coefficient (Wildman–Crippen LogP) is 1.96. The third-order valence-electron chi connectivity index (χ3n) is 4.87. The van der Waals surface area contributed by atoms with Gasteiger partial charge in [0.15, 0.2) is 0 Å². The fourth-order valence-electron chi connectivity index (χ4n) is 2.65. The summed E-state index contributed by atoms with van der Waals surface area (Å²) in [5.41, 5.74) is -0.163. The lowest BCUT2D eigenvalue weighted by molar-refractivity contribution is 0.00304. The van der Waals surface area contributed by atoms with E-state index in [0.29, 0.717) is 6.42 Å². The Labute approximate surface area is 170 Å². The molecule has 0 heterocycles. The summed E-state index contributed by atoms with van der Waals surface area (Å²) in [5.74, 6) is 0. The van der Waals surface area contributed by atoms with Gasteiger partial charge >= 0.3 is 0 Å². The molecule has 0 spiro atoms. The summed E-state index contributed by atoms with van der Waals surface area (Å²) in [7, 11) is 0. The van der Waals surface area contributed by atoms with E-state index in [-0.39, 0.29) is 26.4 Å². The molecule has 3 N–H and O–H groups in total. The van der Waals surface area contributed by atoms with Gasteiger partial charge in [-0.15, -0.1) is 0 Å². The molecule has 0 saturated heterocycles. The molecule has 0 aromatic heterocycles. The summed E-state index contributed by atoms with van der Waals surface area (Å²) in [5, 5.41) is 26.0. The molecule has 7 nitrogen and oxygen atoms in total. The van der Waals surface area contributed by atoms with E-state index >= 15 is 0 Å². The number of isocyanates is 2. The van der Waals surface area contributed by atoms with Crippen molar-refractivity contribution in [1.82, 2.24) is 0 Å². The van der Waals surface area contributed by atoms with Crippen LogP contribution >= 0.6 is 0 Å². The van der Waals surface area contributed by atoms with Crippen LogP contribution in [-0.2, 0) is 15.1 Å². The molecule has 7 heteroatoms. The van der Waals surface area contributed by atoms with E-state index in [9.17, 15) is 9.59 Å². The van der Waals surface area contributed by atoms with Crippen LogP contribution in [0.4, 0.5) is 0 Å². The Morgan fingerprint density at radius 2 is 1.24 bits per heavy atom. The number of hydrogen-bond acceptors (Lipinski definition) is 7. The molecular weight excluding hydrogens is 372 g/mol.